The maximum atomic E-state index is 5.36. The average Bonchev–Trinajstić information content (AvgIpc) is 2.31. The van der Waals surface area contributed by atoms with E-state index in [0.717, 1.165) is 19.6 Å². The number of benzene rings is 1. The van der Waals surface area contributed by atoms with E-state index in [2.05, 4.69) is 34.5 Å². The Labute approximate surface area is 103 Å². The highest BCUT2D eigenvalue weighted by Gasteiger charge is 2.43. The fraction of sp³-hybridized carbons (Fsp3) is 0.538. The van der Waals surface area contributed by atoms with Crippen molar-refractivity contribution in [2.45, 2.75) is 12.3 Å². The molecule has 0 aliphatic carbocycles. The van der Waals surface area contributed by atoms with Gasteiger partial charge >= 0.3 is 0 Å². The molecular weight excluding hydrogens is 216 g/mol. The lowest BCUT2D eigenvalue weighted by molar-refractivity contribution is -0.219. The molecule has 17 heavy (non-hydrogen) atoms. The Morgan fingerprint density at radius 3 is 2.24 bits per heavy atom. The second kappa shape index (κ2) is 5.04. The normalized spacial score (nSPS) is 17.9. The third-order valence-corrected chi connectivity index (χ3v) is 3.29. The van der Waals surface area contributed by atoms with E-state index in [-0.39, 0.29) is 0 Å². The first-order valence-corrected chi connectivity index (χ1v) is 5.82. The third-order valence-electron chi connectivity index (χ3n) is 3.29. The molecule has 0 unspecified atom stereocenters. The van der Waals surface area contributed by atoms with Gasteiger partial charge in [0.1, 0.15) is 0 Å². The summed E-state index contributed by atoms with van der Waals surface area (Å²) in [7, 11) is 5.34. The van der Waals surface area contributed by atoms with E-state index < -0.39 is 5.79 Å². The minimum Gasteiger partial charge on any atom is -0.361 e. The van der Waals surface area contributed by atoms with Crippen LogP contribution in [0, 0.1) is 0 Å². The average molecular weight is 236 g/mol. The number of rotatable bonds is 5. The molecule has 0 radical (unpaired) electrons. The zero-order valence-electron chi connectivity index (χ0n) is 10.7. The first-order valence-electron chi connectivity index (χ1n) is 5.82. The van der Waals surface area contributed by atoms with E-state index in [9.17, 15) is 0 Å². The van der Waals surface area contributed by atoms with E-state index >= 15 is 0 Å². The fourth-order valence-electron chi connectivity index (χ4n) is 2.09. The lowest BCUT2D eigenvalue weighted by Crippen LogP contribution is -2.64. The highest BCUT2D eigenvalue weighted by Crippen LogP contribution is 2.30. The summed E-state index contributed by atoms with van der Waals surface area (Å²) < 4.78 is 10.7. The molecule has 1 saturated heterocycles. The molecule has 1 aliphatic rings. The number of nitrogens with one attached hydrogen (secondary N) is 1. The lowest BCUT2D eigenvalue weighted by Gasteiger charge is -2.48. The summed E-state index contributed by atoms with van der Waals surface area (Å²) in [4.78, 5) is 2.25. The van der Waals surface area contributed by atoms with Crippen molar-refractivity contribution in [2.24, 2.45) is 0 Å². The molecule has 4 heteroatoms. The summed E-state index contributed by atoms with van der Waals surface area (Å²) in [6.07, 6.45) is 0. The van der Waals surface area contributed by atoms with Crippen LogP contribution in [0.25, 0.3) is 0 Å². The minimum absolute atomic E-state index is 0.413. The monoisotopic (exact) mass is 236 g/mol. The standard InChI is InChI=1S/C13H20N2O2/c1-14-8-11-4-6-12(7-5-11)15-9-13(10-15,16-2)17-3/h4-7,14H,8-10H2,1-3H3. The van der Waals surface area contributed by atoms with Crippen LogP contribution < -0.4 is 10.2 Å². The van der Waals surface area contributed by atoms with Crippen molar-refractivity contribution >= 4 is 5.69 Å². The Morgan fingerprint density at radius 2 is 1.76 bits per heavy atom. The fourth-order valence-corrected chi connectivity index (χ4v) is 2.09. The van der Waals surface area contributed by atoms with Gasteiger partial charge < -0.3 is 19.7 Å². The van der Waals surface area contributed by atoms with E-state index in [1.807, 2.05) is 7.05 Å². The summed E-state index contributed by atoms with van der Waals surface area (Å²) in [6.45, 7) is 2.47. The molecule has 1 heterocycles. The van der Waals surface area contributed by atoms with Crippen molar-refractivity contribution in [2.75, 3.05) is 39.3 Å². The predicted octanol–water partition coefficient (Wildman–Crippen LogP) is 1.22. The van der Waals surface area contributed by atoms with Crippen LogP contribution in [0.5, 0.6) is 0 Å². The van der Waals surface area contributed by atoms with Crippen LogP contribution in [-0.2, 0) is 16.0 Å². The topological polar surface area (TPSA) is 33.7 Å². The number of nitrogens with zero attached hydrogens (tertiary/aromatic N) is 1. The second-order valence-corrected chi connectivity index (χ2v) is 4.37. The zero-order chi connectivity index (χ0) is 12.3. The molecular formula is C13H20N2O2. The minimum atomic E-state index is -0.413. The van der Waals surface area contributed by atoms with Crippen LogP contribution in [0.4, 0.5) is 5.69 Å². The number of anilines is 1. The van der Waals surface area contributed by atoms with E-state index in [4.69, 9.17) is 9.47 Å². The summed E-state index contributed by atoms with van der Waals surface area (Å²) in [5.41, 5.74) is 2.51. The van der Waals surface area contributed by atoms with E-state index in [0.29, 0.717) is 0 Å². The molecule has 94 valence electrons. The van der Waals surface area contributed by atoms with Crippen LogP contribution >= 0.6 is 0 Å². The first kappa shape index (κ1) is 12.4. The van der Waals surface area contributed by atoms with Gasteiger partial charge in [-0.15, -0.1) is 0 Å². The predicted molar refractivity (Wildman–Crippen MR) is 68.2 cm³/mol. The van der Waals surface area contributed by atoms with Gasteiger partial charge in [-0.25, -0.2) is 0 Å². The molecule has 1 aromatic rings. The largest absolute Gasteiger partial charge is 0.361 e. The molecule has 0 atom stereocenters. The number of methoxy groups -OCH3 is 2. The number of hydrogen-bond acceptors (Lipinski definition) is 4. The summed E-state index contributed by atoms with van der Waals surface area (Å²) >= 11 is 0. The van der Waals surface area contributed by atoms with Gasteiger partial charge in [0.25, 0.3) is 0 Å². The second-order valence-electron chi connectivity index (χ2n) is 4.37. The van der Waals surface area contributed by atoms with Gasteiger partial charge in [0.2, 0.25) is 5.79 Å². The van der Waals surface area contributed by atoms with E-state index in [1.54, 1.807) is 14.2 Å². The third kappa shape index (κ3) is 2.44. The maximum absolute atomic E-state index is 5.36. The Balaban J connectivity index is 1.97. The Morgan fingerprint density at radius 1 is 1.18 bits per heavy atom. The molecule has 0 amide bonds. The summed E-state index contributed by atoms with van der Waals surface area (Å²) in [6, 6.07) is 8.57. The smallest absolute Gasteiger partial charge is 0.203 e. The van der Waals surface area contributed by atoms with Gasteiger partial charge in [0.05, 0.1) is 13.1 Å². The molecule has 1 N–H and O–H groups in total. The Kier molecular flexibility index (Phi) is 3.66. The molecule has 1 aliphatic heterocycles. The molecule has 0 aromatic heterocycles. The SMILES string of the molecule is CNCc1ccc(N2CC(OC)(OC)C2)cc1. The van der Waals surface area contributed by atoms with Crippen LogP contribution in [0.1, 0.15) is 5.56 Å². The van der Waals surface area contributed by atoms with Gasteiger partial charge in [-0.05, 0) is 24.7 Å². The number of hydrogen-bond donors (Lipinski definition) is 1. The van der Waals surface area contributed by atoms with E-state index in [1.165, 1.54) is 11.3 Å². The Hall–Kier alpha value is -1.10. The maximum Gasteiger partial charge on any atom is 0.203 e. The van der Waals surface area contributed by atoms with Crippen LogP contribution in [0.15, 0.2) is 24.3 Å². The molecule has 4 nitrogen and oxygen atoms in total. The zero-order valence-corrected chi connectivity index (χ0v) is 10.7. The van der Waals surface area contributed by atoms with Crippen molar-refractivity contribution in [3.63, 3.8) is 0 Å². The molecule has 0 bridgehead atoms. The summed E-state index contributed by atoms with van der Waals surface area (Å²) in [5.74, 6) is -0.413. The van der Waals surface area contributed by atoms with Crippen molar-refractivity contribution in [3.05, 3.63) is 29.8 Å². The van der Waals surface area contributed by atoms with Crippen molar-refractivity contribution in [1.29, 1.82) is 0 Å². The van der Waals surface area contributed by atoms with Gasteiger partial charge in [0.15, 0.2) is 0 Å². The van der Waals surface area contributed by atoms with Gasteiger partial charge in [-0.1, -0.05) is 12.1 Å². The van der Waals surface area contributed by atoms with Gasteiger partial charge in [-0.3, -0.25) is 0 Å². The highest BCUT2D eigenvalue weighted by molar-refractivity contribution is 5.51. The van der Waals surface area contributed by atoms with Gasteiger partial charge in [-0.2, -0.15) is 0 Å². The van der Waals surface area contributed by atoms with Crippen LogP contribution in [-0.4, -0.2) is 40.1 Å². The van der Waals surface area contributed by atoms with Crippen molar-refractivity contribution in [3.8, 4) is 0 Å². The molecule has 1 aromatic carbocycles. The lowest BCUT2D eigenvalue weighted by atomic mass is 10.1. The van der Waals surface area contributed by atoms with Gasteiger partial charge in [0, 0.05) is 26.5 Å². The highest BCUT2D eigenvalue weighted by atomic mass is 16.7. The first-order chi connectivity index (χ1) is 8.23. The van der Waals surface area contributed by atoms with Crippen LogP contribution in [0.3, 0.4) is 0 Å². The van der Waals surface area contributed by atoms with Crippen LogP contribution in [0.2, 0.25) is 0 Å². The van der Waals surface area contributed by atoms with Crippen molar-refractivity contribution in [1.82, 2.24) is 5.32 Å². The summed E-state index contributed by atoms with van der Waals surface area (Å²) in [5, 5.41) is 3.14. The Bertz CT molecular complexity index is 352. The molecule has 0 spiro atoms. The number of ether oxygens (including phenoxy) is 2. The molecule has 2 rings (SSSR count). The van der Waals surface area contributed by atoms with Crippen molar-refractivity contribution < 1.29 is 9.47 Å². The molecule has 0 saturated carbocycles. The quantitative estimate of drug-likeness (QED) is 0.779. The molecule has 1 fully saturated rings.